The van der Waals surface area contributed by atoms with Crippen molar-refractivity contribution in [2.45, 2.75) is 59.4 Å². The van der Waals surface area contributed by atoms with Gasteiger partial charge in [-0.05, 0) is 25.8 Å². The van der Waals surface area contributed by atoms with Gasteiger partial charge in [0, 0.05) is 37.5 Å². The van der Waals surface area contributed by atoms with Crippen LogP contribution in [0.15, 0.2) is 0 Å². The van der Waals surface area contributed by atoms with E-state index < -0.39 is 0 Å². The Bertz CT molecular complexity index is 344. The molecule has 1 heterocycles. The molecule has 1 fully saturated rings. The molecule has 0 spiro atoms. The summed E-state index contributed by atoms with van der Waals surface area (Å²) in [6, 6.07) is 0.349. The summed E-state index contributed by atoms with van der Waals surface area (Å²) in [5.74, 6) is 0.260. The van der Waals surface area contributed by atoms with Crippen LogP contribution < -0.4 is 10.6 Å². The maximum absolute atomic E-state index is 12.3. The second-order valence-electron chi connectivity index (χ2n) is 6.84. The smallest absolute Gasteiger partial charge is 0.225 e. The predicted octanol–water partition coefficient (Wildman–Crippen LogP) is 1.53. The highest BCUT2D eigenvalue weighted by atomic mass is 16.2. The molecule has 0 radical (unpaired) electrons. The molecule has 2 amide bonds. The fourth-order valence-corrected chi connectivity index (χ4v) is 2.51. The van der Waals surface area contributed by atoms with Gasteiger partial charge >= 0.3 is 0 Å². The standard InChI is InChI=1S/C16H31N3O2/c1-5-11-19(13-8-10-17-12-13)14(20)7-6-9-18-15(21)16(2,3)4/h13,17H,5-12H2,1-4H3,(H,18,21). The molecule has 5 heteroatoms. The van der Waals surface area contributed by atoms with Crippen molar-refractivity contribution >= 4 is 11.8 Å². The first-order valence-corrected chi connectivity index (χ1v) is 8.14. The first-order chi connectivity index (χ1) is 9.86. The highest BCUT2D eigenvalue weighted by Crippen LogP contribution is 2.13. The first kappa shape index (κ1) is 18.0. The lowest BCUT2D eigenvalue weighted by atomic mass is 9.96. The zero-order valence-corrected chi connectivity index (χ0v) is 14.0. The number of carbonyl (C=O) groups is 2. The molecule has 1 aliphatic rings. The third kappa shape index (κ3) is 6.04. The Labute approximate surface area is 128 Å². The SMILES string of the molecule is CCCN(C(=O)CCCNC(=O)C(C)(C)C)C1CCNC1. The van der Waals surface area contributed by atoms with E-state index in [-0.39, 0.29) is 17.2 Å². The van der Waals surface area contributed by atoms with E-state index in [1.54, 1.807) is 0 Å². The van der Waals surface area contributed by atoms with E-state index in [4.69, 9.17) is 0 Å². The van der Waals surface area contributed by atoms with E-state index in [9.17, 15) is 9.59 Å². The van der Waals surface area contributed by atoms with Gasteiger partial charge in [0.05, 0.1) is 0 Å². The fraction of sp³-hybridized carbons (Fsp3) is 0.875. The van der Waals surface area contributed by atoms with Crippen molar-refractivity contribution in [3.63, 3.8) is 0 Å². The van der Waals surface area contributed by atoms with Gasteiger partial charge in [-0.25, -0.2) is 0 Å². The zero-order chi connectivity index (χ0) is 15.9. The number of hydrogen-bond acceptors (Lipinski definition) is 3. The first-order valence-electron chi connectivity index (χ1n) is 8.14. The summed E-state index contributed by atoms with van der Waals surface area (Å²) >= 11 is 0. The Morgan fingerprint density at radius 2 is 2.05 bits per heavy atom. The van der Waals surface area contributed by atoms with Crippen LogP contribution in [0.4, 0.5) is 0 Å². The Morgan fingerprint density at radius 1 is 1.33 bits per heavy atom. The second-order valence-corrected chi connectivity index (χ2v) is 6.84. The number of hydrogen-bond donors (Lipinski definition) is 2. The summed E-state index contributed by atoms with van der Waals surface area (Å²) in [5.41, 5.74) is -0.367. The predicted molar refractivity (Wildman–Crippen MR) is 85.0 cm³/mol. The maximum atomic E-state index is 12.3. The minimum atomic E-state index is -0.367. The van der Waals surface area contributed by atoms with Gasteiger partial charge in [0.15, 0.2) is 0 Å². The molecule has 5 nitrogen and oxygen atoms in total. The summed E-state index contributed by atoms with van der Waals surface area (Å²) in [6.07, 6.45) is 3.26. The second kappa shape index (κ2) is 8.37. The number of carbonyl (C=O) groups excluding carboxylic acids is 2. The van der Waals surface area contributed by atoms with Crippen LogP contribution in [0.25, 0.3) is 0 Å². The molecule has 1 unspecified atom stereocenters. The van der Waals surface area contributed by atoms with E-state index in [1.807, 2.05) is 25.7 Å². The summed E-state index contributed by atoms with van der Waals surface area (Å²) < 4.78 is 0. The number of nitrogens with zero attached hydrogens (tertiary/aromatic N) is 1. The van der Waals surface area contributed by atoms with Gasteiger partial charge < -0.3 is 15.5 Å². The van der Waals surface area contributed by atoms with Gasteiger partial charge in [0.1, 0.15) is 0 Å². The largest absolute Gasteiger partial charge is 0.356 e. The van der Waals surface area contributed by atoms with Crippen LogP contribution in [-0.2, 0) is 9.59 Å². The highest BCUT2D eigenvalue weighted by molar-refractivity contribution is 5.81. The molecular formula is C16H31N3O2. The van der Waals surface area contributed by atoms with Gasteiger partial charge in [0.2, 0.25) is 11.8 Å². The lowest BCUT2D eigenvalue weighted by Crippen LogP contribution is -2.42. The maximum Gasteiger partial charge on any atom is 0.225 e. The molecule has 1 aliphatic heterocycles. The Balaban J connectivity index is 2.32. The Kier molecular flexibility index (Phi) is 7.15. The molecule has 1 atom stereocenters. The molecule has 1 rings (SSSR count). The van der Waals surface area contributed by atoms with Crippen LogP contribution >= 0.6 is 0 Å². The minimum Gasteiger partial charge on any atom is -0.356 e. The lowest BCUT2D eigenvalue weighted by Gasteiger charge is -2.28. The van der Waals surface area contributed by atoms with Crippen molar-refractivity contribution in [1.29, 1.82) is 0 Å². The van der Waals surface area contributed by atoms with Crippen molar-refractivity contribution in [2.24, 2.45) is 5.41 Å². The van der Waals surface area contributed by atoms with E-state index in [0.29, 0.717) is 25.4 Å². The van der Waals surface area contributed by atoms with Gasteiger partial charge in [0.25, 0.3) is 0 Å². The van der Waals surface area contributed by atoms with E-state index >= 15 is 0 Å². The molecule has 0 aromatic carbocycles. The third-order valence-electron chi connectivity index (χ3n) is 3.79. The molecule has 21 heavy (non-hydrogen) atoms. The minimum absolute atomic E-state index is 0.0420. The van der Waals surface area contributed by atoms with E-state index in [0.717, 1.165) is 32.5 Å². The molecular weight excluding hydrogens is 266 g/mol. The van der Waals surface area contributed by atoms with Crippen molar-refractivity contribution in [1.82, 2.24) is 15.5 Å². The normalized spacial score (nSPS) is 18.6. The molecule has 0 bridgehead atoms. The summed E-state index contributed by atoms with van der Waals surface area (Å²) in [6.45, 7) is 11.1. The topological polar surface area (TPSA) is 61.4 Å². The molecule has 0 aliphatic carbocycles. The van der Waals surface area contributed by atoms with Crippen LogP contribution in [0.2, 0.25) is 0 Å². The fourth-order valence-electron chi connectivity index (χ4n) is 2.51. The van der Waals surface area contributed by atoms with Gasteiger partial charge in [-0.2, -0.15) is 0 Å². The summed E-state index contributed by atoms with van der Waals surface area (Å²) in [5, 5.41) is 6.21. The van der Waals surface area contributed by atoms with Crippen molar-refractivity contribution < 1.29 is 9.59 Å². The Morgan fingerprint density at radius 3 is 2.57 bits per heavy atom. The van der Waals surface area contributed by atoms with Crippen LogP contribution in [0.5, 0.6) is 0 Å². The zero-order valence-electron chi connectivity index (χ0n) is 14.0. The van der Waals surface area contributed by atoms with Crippen molar-refractivity contribution in [3.8, 4) is 0 Å². The van der Waals surface area contributed by atoms with Crippen LogP contribution in [0, 0.1) is 5.41 Å². The molecule has 0 saturated carbocycles. The van der Waals surface area contributed by atoms with Gasteiger partial charge in [-0.15, -0.1) is 0 Å². The lowest BCUT2D eigenvalue weighted by molar-refractivity contribution is -0.134. The van der Waals surface area contributed by atoms with Crippen molar-refractivity contribution in [3.05, 3.63) is 0 Å². The highest BCUT2D eigenvalue weighted by Gasteiger charge is 2.25. The van der Waals surface area contributed by atoms with Crippen LogP contribution in [0.1, 0.15) is 53.4 Å². The summed E-state index contributed by atoms with van der Waals surface area (Å²) in [4.78, 5) is 26.1. The van der Waals surface area contributed by atoms with E-state index in [2.05, 4.69) is 17.6 Å². The van der Waals surface area contributed by atoms with Gasteiger partial charge in [-0.3, -0.25) is 9.59 Å². The summed E-state index contributed by atoms with van der Waals surface area (Å²) in [7, 11) is 0. The quantitative estimate of drug-likeness (QED) is 0.701. The molecule has 0 aromatic rings. The van der Waals surface area contributed by atoms with Gasteiger partial charge in [-0.1, -0.05) is 27.7 Å². The molecule has 1 saturated heterocycles. The van der Waals surface area contributed by atoms with E-state index in [1.165, 1.54) is 0 Å². The number of nitrogens with one attached hydrogen (secondary N) is 2. The van der Waals surface area contributed by atoms with Crippen molar-refractivity contribution in [2.75, 3.05) is 26.2 Å². The molecule has 0 aromatic heterocycles. The monoisotopic (exact) mass is 297 g/mol. The Hall–Kier alpha value is -1.10. The van der Waals surface area contributed by atoms with Crippen LogP contribution in [-0.4, -0.2) is 48.9 Å². The molecule has 2 N–H and O–H groups in total. The average molecular weight is 297 g/mol. The average Bonchev–Trinajstić information content (AvgIpc) is 2.93. The third-order valence-corrected chi connectivity index (χ3v) is 3.79. The van der Waals surface area contributed by atoms with Crippen LogP contribution in [0.3, 0.4) is 0 Å². The molecule has 122 valence electrons. The number of rotatable bonds is 7. The number of amides is 2.